The molecule has 0 aliphatic heterocycles. The molecule has 0 saturated carbocycles. The molecule has 1 atom stereocenters. The van der Waals surface area contributed by atoms with Crippen LogP contribution in [-0.4, -0.2) is 19.6 Å². The molecule has 0 aliphatic rings. The van der Waals surface area contributed by atoms with Gasteiger partial charge in [-0.1, -0.05) is 24.3 Å². The molecule has 0 saturated heterocycles. The van der Waals surface area contributed by atoms with Gasteiger partial charge in [0, 0.05) is 23.7 Å². The SMILES string of the molecule is CCn1cncc1C(O)c1cccc2cccnc12. The second kappa shape index (κ2) is 4.82. The standard InChI is InChI=1S/C15H15N3O/c1-2-18-10-16-9-13(18)15(19)12-7-3-5-11-6-4-8-17-14(11)12/h3-10,15,19H,2H2,1H3. The topological polar surface area (TPSA) is 50.9 Å². The van der Waals surface area contributed by atoms with E-state index in [-0.39, 0.29) is 0 Å². The monoisotopic (exact) mass is 253 g/mol. The Morgan fingerprint density at radius 3 is 2.95 bits per heavy atom. The summed E-state index contributed by atoms with van der Waals surface area (Å²) in [5.41, 5.74) is 2.44. The highest BCUT2D eigenvalue weighted by Gasteiger charge is 2.17. The average Bonchev–Trinajstić information content (AvgIpc) is 2.94. The van der Waals surface area contributed by atoms with Gasteiger partial charge in [-0.25, -0.2) is 4.98 Å². The summed E-state index contributed by atoms with van der Waals surface area (Å²) in [7, 11) is 0. The van der Waals surface area contributed by atoms with Crippen molar-refractivity contribution < 1.29 is 5.11 Å². The van der Waals surface area contributed by atoms with Gasteiger partial charge in [0.1, 0.15) is 6.10 Å². The minimum Gasteiger partial charge on any atom is -0.382 e. The van der Waals surface area contributed by atoms with E-state index in [2.05, 4.69) is 9.97 Å². The first-order valence-electron chi connectivity index (χ1n) is 6.33. The predicted molar refractivity (Wildman–Crippen MR) is 73.7 cm³/mol. The molecule has 96 valence electrons. The third-order valence-electron chi connectivity index (χ3n) is 3.32. The number of aryl methyl sites for hydroxylation is 1. The quantitative estimate of drug-likeness (QED) is 0.780. The smallest absolute Gasteiger partial charge is 0.123 e. The molecule has 0 fully saturated rings. The first kappa shape index (κ1) is 11.9. The van der Waals surface area contributed by atoms with Crippen LogP contribution in [0.25, 0.3) is 10.9 Å². The maximum Gasteiger partial charge on any atom is 0.123 e. The average molecular weight is 253 g/mol. The summed E-state index contributed by atoms with van der Waals surface area (Å²) in [6, 6.07) is 9.74. The summed E-state index contributed by atoms with van der Waals surface area (Å²) in [5.74, 6) is 0. The Balaban J connectivity index is 2.14. The minimum atomic E-state index is -0.707. The van der Waals surface area contributed by atoms with E-state index in [0.717, 1.165) is 28.7 Å². The summed E-state index contributed by atoms with van der Waals surface area (Å²) in [4.78, 5) is 8.48. The maximum absolute atomic E-state index is 10.6. The van der Waals surface area contributed by atoms with Gasteiger partial charge in [0.2, 0.25) is 0 Å². The van der Waals surface area contributed by atoms with Crippen molar-refractivity contribution >= 4 is 10.9 Å². The van der Waals surface area contributed by atoms with Crippen molar-refractivity contribution in [3.8, 4) is 0 Å². The van der Waals surface area contributed by atoms with E-state index in [0.29, 0.717) is 0 Å². The van der Waals surface area contributed by atoms with Crippen LogP contribution < -0.4 is 0 Å². The number of pyridine rings is 1. The van der Waals surface area contributed by atoms with Crippen LogP contribution in [0.2, 0.25) is 0 Å². The molecule has 3 rings (SSSR count). The van der Waals surface area contributed by atoms with Crippen LogP contribution in [0.15, 0.2) is 49.1 Å². The maximum atomic E-state index is 10.6. The van der Waals surface area contributed by atoms with Crippen molar-refractivity contribution in [2.45, 2.75) is 19.6 Å². The van der Waals surface area contributed by atoms with Crippen LogP contribution in [0.3, 0.4) is 0 Å². The zero-order valence-corrected chi connectivity index (χ0v) is 10.7. The number of nitrogens with zero attached hydrogens (tertiary/aromatic N) is 3. The number of fused-ring (bicyclic) bond motifs is 1. The second-order valence-corrected chi connectivity index (χ2v) is 4.43. The molecule has 1 N–H and O–H groups in total. The largest absolute Gasteiger partial charge is 0.382 e. The molecular weight excluding hydrogens is 238 g/mol. The first-order valence-corrected chi connectivity index (χ1v) is 6.33. The van der Waals surface area contributed by atoms with Crippen molar-refractivity contribution in [3.05, 3.63) is 60.3 Å². The molecule has 0 spiro atoms. The van der Waals surface area contributed by atoms with E-state index in [9.17, 15) is 5.11 Å². The van der Waals surface area contributed by atoms with Gasteiger partial charge < -0.3 is 9.67 Å². The van der Waals surface area contributed by atoms with Gasteiger partial charge in [0.05, 0.1) is 23.7 Å². The van der Waals surface area contributed by atoms with E-state index in [4.69, 9.17) is 0 Å². The summed E-state index contributed by atoms with van der Waals surface area (Å²) < 4.78 is 1.94. The van der Waals surface area contributed by atoms with Crippen molar-refractivity contribution in [2.75, 3.05) is 0 Å². The number of rotatable bonds is 3. The highest BCUT2D eigenvalue weighted by Crippen LogP contribution is 2.27. The van der Waals surface area contributed by atoms with Crippen LogP contribution in [0.4, 0.5) is 0 Å². The van der Waals surface area contributed by atoms with Crippen molar-refractivity contribution in [3.63, 3.8) is 0 Å². The van der Waals surface area contributed by atoms with Crippen LogP contribution in [0, 0.1) is 0 Å². The third kappa shape index (κ3) is 2.00. The van der Waals surface area contributed by atoms with Gasteiger partial charge in [-0.2, -0.15) is 0 Å². The molecule has 0 amide bonds. The first-order chi connectivity index (χ1) is 9.31. The van der Waals surface area contributed by atoms with Crippen LogP contribution in [-0.2, 0) is 6.54 Å². The predicted octanol–water partition coefficient (Wildman–Crippen LogP) is 2.53. The zero-order chi connectivity index (χ0) is 13.2. The van der Waals surface area contributed by atoms with Gasteiger partial charge in [0.25, 0.3) is 0 Å². The Kier molecular flexibility index (Phi) is 3.01. The van der Waals surface area contributed by atoms with Gasteiger partial charge in [-0.3, -0.25) is 4.98 Å². The van der Waals surface area contributed by atoms with Gasteiger partial charge in [-0.05, 0) is 13.0 Å². The van der Waals surface area contributed by atoms with Crippen LogP contribution in [0.1, 0.15) is 24.3 Å². The number of aromatic nitrogens is 3. The van der Waals surface area contributed by atoms with Crippen molar-refractivity contribution in [1.29, 1.82) is 0 Å². The third-order valence-corrected chi connectivity index (χ3v) is 3.32. The minimum absolute atomic E-state index is 0.707. The highest BCUT2D eigenvalue weighted by molar-refractivity contribution is 5.82. The Labute approximate surface area is 111 Å². The van der Waals surface area contributed by atoms with E-state index in [1.165, 1.54) is 0 Å². The molecule has 1 unspecified atom stereocenters. The number of para-hydroxylation sites is 1. The second-order valence-electron chi connectivity index (χ2n) is 4.43. The Morgan fingerprint density at radius 1 is 1.26 bits per heavy atom. The van der Waals surface area contributed by atoms with E-state index >= 15 is 0 Å². The Hall–Kier alpha value is -2.20. The fraction of sp³-hybridized carbons (Fsp3) is 0.200. The van der Waals surface area contributed by atoms with Gasteiger partial charge in [-0.15, -0.1) is 0 Å². The number of imidazole rings is 1. The summed E-state index contributed by atoms with van der Waals surface area (Å²) in [6.45, 7) is 2.81. The lowest BCUT2D eigenvalue weighted by Gasteiger charge is -2.14. The van der Waals surface area contributed by atoms with E-state index in [1.807, 2.05) is 41.8 Å². The molecule has 4 nitrogen and oxygen atoms in total. The Morgan fingerprint density at radius 2 is 2.11 bits per heavy atom. The highest BCUT2D eigenvalue weighted by atomic mass is 16.3. The zero-order valence-electron chi connectivity index (χ0n) is 10.7. The lowest BCUT2D eigenvalue weighted by Crippen LogP contribution is -2.08. The molecule has 0 bridgehead atoms. The summed E-state index contributed by atoms with van der Waals surface area (Å²) in [5, 5.41) is 11.6. The molecule has 2 heterocycles. The van der Waals surface area contributed by atoms with Crippen LogP contribution in [0.5, 0.6) is 0 Å². The van der Waals surface area contributed by atoms with E-state index in [1.54, 1.807) is 18.7 Å². The molecular formula is C15H15N3O. The van der Waals surface area contributed by atoms with Gasteiger partial charge in [0.15, 0.2) is 0 Å². The van der Waals surface area contributed by atoms with Crippen LogP contribution >= 0.6 is 0 Å². The number of aliphatic hydroxyl groups excluding tert-OH is 1. The number of hydrogen-bond donors (Lipinski definition) is 1. The Bertz CT molecular complexity index is 700. The van der Waals surface area contributed by atoms with E-state index < -0.39 is 6.10 Å². The fourth-order valence-corrected chi connectivity index (χ4v) is 2.33. The normalized spacial score (nSPS) is 12.7. The molecule has 2 aromatic heterocycles. The fourth-order valence-electron chi connectivity index (χ4n) is 2.33. The lowest BCUT2D eigenvalue weighted by atomic mass is 10.0. The molecule has 19 heavy (non-hydrogen) atoms. The lowest BCUT2D eigenvalue weighted by molar-refractivity contribution is 0.211. The molecule has 0 radical (unpaired) electrons. The molecule has 4 heteroatoms. The molecule has 0 aliphatic carbocycles. The van der Waals surface area contributed by atoms with Crippen molar-refractivity contribution in [2.24, 2.45) is 0 Å². The molecule has 3 aromatic rings. The number of benzene rings is 1. The number of aliphatic hydroxyl groups is 1. The van der Waals surface area contributed by atoms with Crippen molar-refractivity contribution in [1.82, 2.24) is 14.5 Å². The number of hydrogen-bond acceptors (Lipinski definition) is 3. The summed E-state index contributed by atoms with van der Waals surface area (Å²) >= 11 is 0. The van der Waals surface area contributed by atoms with Gasteiger partial charge >= 0.3 is 0 Å². The molecule has 1 aromatic carbocycles. The summed E-state index contributed by atoms with van der Waals surface area (Å²) in [6.07, 6.45) is 4.48.